The van der Waals surface area contributed by atoms with E-state index in [1.54, 1.807) is 13.0 Å². The van der Waals surface area contributed by atoms with Crippen LogP contribution in [0, 0.1) is 0 Å². The van der Waals surface area contributed by atoms with Crippen LogP contribution < -0.4 is 4.74 Å². The number of phenolic OH excluding ortho intramolecular Hbond substituents is 2. The second-order valence-corrected chi connectivity index (χ2v) is 2.76. The molecule has 1 aromatic rings. The Morgan fingerprint density at radius 2 is 2.08 bits per heavy atom. The summed E-state index contributed by atoms with van der Waals surface area (Å²) in [6.07, 6.45) is 0. The van der Waals surface area contributed by atoms with Crippen LogP contribution in [0.3, 0.4) is 0 Å². The third kappa shape index (κ3) is 1.98. The number of phenols is 2. The molecule has 0 aromatic heterocycles. The van der Waals surface area contributed by atoms with E-state index in [2.05, 4.69) is 0 Å². The second kappa shape index (κ2) is 4.23. The van der Waals surface area contributed by atoms with Gasteiger partial charge in [-0.25, -0.2) is 0 Å². The van der Waals surface area contributed by atoms with Crippen molar-refractivity contribution in [3.05, 3.63) is 17.7 Å². The fraction of sp³-hybridized carbons (Fsp3) is 0.333. The number of halogens is 1. The van der Waals surface area contributed by atoms with Crippen LogP contribution in [0.4, 0.5) is 0 Å². The fourth-order valence-corrected chi connectivity index (χ4v) is 1.21. The van der Waals surface area contributed by atoms with Crippen LogP contribution >= 0.6 is 11.6 Å². The summed E-state index contributed by atoms with van der Waals surface area (Å²) in [4.78, 5) is 0. The Hall–Kier alpha value is -1.09. The largest absolute Gasteiger partial charge is 0.504 e. The third-order valence-corrected chi connectivity index (χ3v) is 1.91. The number of rotatable bonds is 3. The van der Waals surface area contributed by atoms with Crippen molar-refractivity contribution < 1.29 is 14.9 Å². The van der Waals surface area contributed by atoms with Crippen molar-refractivity contribution in [3.63, 3.8) is 0 Å². The molecule has 0 atom stereocenters. The van der Waals surface area contributed by atoms with Gasteiger partial charge in [0.1, 0.15) is 0 Å². The number of benzene rings is 1. The molecule has 2 N–H and O–H groups in total. The number of aromatic hydroxyl groups is 2. The first kappa shape index (κ1) is 9.99. The van der Waals surface area contributed by atoms with E-state index in [1.165, 1.54) is 6.07 Å². The van der Waals surface area contributed by atoms with E-state index in [0.717, 1.165) is 0 Å². The van der Waals surface area contributed by atoms with Crippen molar-refractivity contribution in [3.8, 4) is 17.2 Å². The molecule has 0 aliphatic carbocycles. The van der Waals surface area contributed by atoms with Gasteiger partial charge in [-0.3, -0.25) is 0 Å². The molecule has 1 rings (SSSR count). The van der Waals surface area contributed by atoms with Crippen molar-refractivity contribution in [1.29, 1.82) is 0 Å². The Kier molecular flexibility index (Phi) is 3.25. The highest BCUT2D eigenvalue weighted by molar-refractivity contribution is 6.17. The second-order valence-electron chi connectivity index (χ2n) is 2.49. The van der Waals surface area contributed by atoms with Gasteiger partial charge in [0.25, 0.3) is 0 Å². The Morgan fingerprint density at radius 1 is 1.38 bits per heavy atom. The lowest BCUT2D eigenvalue weighted by Gasteiger charge is -2.09. The topological polar surface area (TPSA) is 49.7 Å². The van der Waals surface area contributed by atoms with Crippen LogP contribution in [0.2, 0.25) is 0 Å². The summed E-state index contributed by atoms with van der Waals surface area (Å²) in [5.74, 6) is 0.123. The van der Waals surface area contributed by atoms with E-state index in [-0.39, 0.29) is 23.1 Å². The Balaban J connectivity index is 3.13. The van der Waals surface area contributed by atoms with Crippen LogP contribution in [-0.4, -0.2) is 16.8 Å². The third-order valence-electron chi connectivity index (χ3n) is 1.63. The molecule has 0 heterocycles. The number of hydrogen-bond acceptors (Lipinski definition) is 3. The molecular formula is C9H11ClO3. The molecule has 0 spiro atoms. The molecule has 1 aromatic carbocycles. The molecule has 0 aliphatic rings. The first-order valence-corrected chi connectivity index (χ1v) is 4.46. The molecule has 0 saturated heterocycles. The highest BCUT2D eigenvalue weighted by Gasteiger charge is 2.12. The van der Waals surface area contributed by atoms with Gasteiger partial charge in [-0.05, 0) is 13.0 Å². The fourth-order valence-electron chi connectivity index (χ4n) is 0.996. The Bertz CT molecular complexity index is 299. The predicted molar refractivity (Wildman–Crippen MR) is 50.5 cm³/mol. The molecular weight excluding hydrogens is 192 g/mol. The molecule has 13 heavy (non-hydrogen) atoms. The first-order chi connectivity index (χ1) is 6.20. The van der Waals surface area contributed by atoms with Gasteiger partial charge in [0.15, 0.2) is 11.5 Å². The minimum absolute atomic E-state index is 0.0757. The van der Waals surface area contributed by atoms with Crippen molar-refractivity contribution in [2.45, 2.75) is 12.8 Å². The van der Waals surface area contributed by atoms with Gasteiger partial charge in [0.2, 0.25) is 5.75 Å². The van der Waals surface area contributed by atoms with Crippen LogP contribution in [0.5, 0.6) is 17.2 Å². The van der Waals surface area contributed by atoms with Crippen LogP contribution in [0.15, 0.2) is 12.1 Å². The van der Waals surface area contributed by atoms with Gasteiger partial charge in [-0.1, -0.05) is 6.07 Å². The van der Waals surface area contributed by atoms with Crippen molar-refractivity contribution in [1.82, 2.24) is 0 Å². The molecule has 3 nitrogen and oxygen atoms in total. The molecule has 0 bridgehead atoms. The molecule has 72 valence electrons. The Morgan fingerprint density at radius 3 is 2.62 bits per heavy atom. The van der Waals surface area contributed by atoms with Crippen molar-refractivity contribution in [2.75, 3.05) is 6.61 Å². The van der Waals surface area contributed by atoms with Gasteiger partial charge >= 0.3 is 0 Å². The summed E-state index contributed by atoms with van der Waals surface area (Å²) < 4.78 is 5.05. The number of ether oxygens (including phenoxy) is 1. The summed E-state index contributed by atoms with van der Waals surface area (Å²) in [6, 6.07) is 3.00. The van der Waals surface area contributed by atoms with Crippen LogP contribution in [-0.2, 0) is 5.88 Å². The molecule has 0 saturated carbocycles. The zero-order chi connectivity index (χ0) is 9.84. The summed E-state index contributed by atoms with van der Waals surface area (Å²) in [7, 11) is 0. The van der Waals surface area contributed by atoms with Gasteiger partial charge in [-0.2, -0.15) is 0 Å². The quantitative estimate of drug-likeness (QED) is 0.740. The maximum absolute atomic E-state index is 9.53. The van der Waals surface area contributed by atoms with Crippen molar-refractivity contribution >= 4 is 11.6 Å². The lowest BCUT2D eigenvalue weighted by atomic mass is 10.2. The molecule has 0 unspecified atom stereocenters. The van der Waals surface area contributed by atoms with Gasteiger partial charge < -0.3 is 14.9 Å². The monoisotopic (exact) mass is 202 g/mol. The Labute approximate surface area is 81.5 Å². The summed E-state index contributed by atoms with van der Waals surface area (Å²) in [5.41, 5.74) is 0.544. The van der Waals surface area contributed by atoms with E-state index in [1.807, 2.05) is 0 Å². The SMILES string of the molecule is CCOc1c(O)ccc(CCl)c1O. The smallest absolute Gasteiger partial charge is 0.203 e. The average Bonchev–Trinajstić information content (AvgIpc) is 2.12. The lowest BCUT2D eigenvalue weighted by Crippen LogP contribution is -1.94. The average molecular weight is 203 g/mol. The van der Waals surface area contributed by atoms with Gasteiger partial charge in [0.05, 0.1) is 12.5 Å². The summed E-state index contributed by atoms with van der Waals surface area (Å²) >= 11 is 5.56. The highest BCUT2D eigenvalue weighted by Crippen LogP contribution is 2.38. The van der Waals surface area contributed by atoms with E-state index in [9.17, 15) is 10.2 Å². The van der Waals surface area contributed by atoms with E-state index >= 15 is 0 Å². The highest BCUT2D eigenvalue weighted by atomic mass is 35.5. The van der Waals surface area contributed by atoms with Crippen molar-refractivity contribution in [2.24, 2.45) is 0 Å². The van der Waals surface area contributed by atoms with E-state index < -0.39 is 0 Å². The minimum atomic E-state index is -0.0862. The molecule has 0 aliphatic heterocycles. The maximum atomic E-state index is 9.53. The maximum Gasteiger partial charge on any atom is 0.203 e. The van der Waals surface area contributed by atoms with Gasteiger partial charge in [-0.15, -0.1) is 11.6 Å². The molecule has 4 heteroatoms. The summed E-state index contributed by atoms with van der Waals surface area (Å²) in [5, 5.41) is 18.8. The molecule has 0 radical (unpaired) electrons. The number of alkyl halides is 1. The molecule has 0 amide bonds. The lowest BCUT2D eigenvalue weighted by molar-refractivity contribution is 0.297. The standard InChI is InChI=1S/C9H11ClO3/c1-2-13-9-7(11)4-3-6(5-10)8(9)12/h3-4,11-12H,2,5H2,1H3. The normalized spacial score (nSPS) is 10.0. The van der Waals surface area contributed by atoms with Crippen LogP contribution in [0.1, 0.15) is 12.5 Å². The molecule has 0 fully saturated rings. The van der Waals surface area contributed by atoms with E-state index in [0.29, 0.717) is 12.2 Å². The predicted octanol–water partition coefficient (Wildman–Crippen LogP) is 2.24. The van der Waals surface area contributed by atoms with E-state index in [4.69, 9.17) is 16.3 Å². The number of hydrogen-bond donors (Lipinski definition) is 2. The minimum Gasteiger partial charge on any atom is -0.504 e. The first-order valence-electron chi connectivity index (χ1n) is 3.93. The zero-order valence-corrected chi connectivity index (χ0v) is 8.01. The zero-order valence-electron chi connectivity index (χ0n) is 7.25. The van der Waals surface area contributed by atoms with Crippen LogP contribution in [0.25, 0.3) is 0 Å². The summed E-state index contributed by atoms with van der Waals surface area (Å²) in [6.45, 7) is 2.15. The van der Waals surface area contributed by atoms with Gasteiger partial charge in [0, 0.05) is 5.56 Å².